The average Bonchev–Trinajstić information content (AvgIpc) is 2.37. The first-order chi connectivity index (χ1) is 8.90. The predicted molar refractivity (Wildman–Crippen MR) is 77.4 cm³/mol. The molecule has 0 aliphatic carbocycles. The molecule has 1 saturated heterocycles. The lowest BCUT2D eigenvalue weighted by molar-refractivity contribution is 0.0818. The van der Waals surface area contributed by atoms with Gasteiger partial charge in [0.2, 0.25) is 0 Å². The van der Waals surface area contributed by atoms with Crippen molar-refractivity contribution < 1.29 is 4.74 Å². The van der Waals surface area contributed by atoms with Crippen molar-refractivity contribution in [2.75, 3.05) is 30.8 Å². The molecule has 0 amide bonds. The molecule has 2 heterocycles. The second-order valence-electron chi connectivity index (χ2n) is 6.15. The number of nitrogens with two attached hydrogens (primary N) is 1. The van der Waals surface area contributed by atoms with Crippen LogP contribution in [-0.2, 0) is 10.2 Å². The Morgan fingerprint density at radius 3 is 2.42 bits per heavy atom. The van der Waals surface area contributed by atoms with Gasteiger partial charge in [-0.2, -0.15) is 0 Å². The molecule has 106 valence electrons. The van der Waals surface area contributed by atoms with Gasteiger partial charge < -0.3 is 15.4 Å². The normalized spacial score (nSPS) is 17.8. The van der Waals surface area contributed by atoms with Gasteiger partial charge in [0.05, 0.1) is 6.10 Å². The Bertz CT molecular complexity index is 434. The van der Waals surface area contributed by atoms with Gasteiger partial charge in [-0.15, -0.1) is 0 Å². The lowest BCUT2D eigenvalue weighted by Gasteiger charge is -2.32. The van der Waals surface area contributed by atoms with Gasteiger partial charge >= 0.3 is 0 Å². The Morgan fingerprint density at radius 1 is 1.26 bits per heavy atom. The number of hydrogen-bond acceptors (Lipinski definition) is 5. The van der Waals surface area contributed by atoms with Crippen LogP contribution < -0.4 is 10.6 Å². The molecule has 0 bridgehead atoms. The zero-order valence-electron chi connectivity index (χ0n) is 12.3. The van der Waals surface area contributed by atoms with Crippen molar-refractivity contribution in [3.8, 4) is 0 Å². The first-order valence-electron chi connectivity index (χ1n) is 6.83. The van der Waals surface area contributed by atoms with Crippen molar-refractivity contribution >= 4 is 11.6 Å². The SMILES string of the molecule is COC1CCN(c2cc(N)nc(C(C)(C)C)n2)CC1. The fourth-order valence-corrected chi connectivity index (χ4v) is 2.27. The number of anilines is 2. The van der Waals surface area contributed by atoms with Gasteiger partial charge in [0.15, 0.2) is 0 Å². The molecule has 1 aromatic rings. The van der Waals surface area contributed by atoms with E-state index < -0.39 is 0 Å². The Morgan fingerprint density at radius 2 is 1.89 bits per heavy atom. The van der Waals surface area contributed by atoms with Gasteiger partial charge in [-0.05, 0) is 12.8 Å². The summed E-state index contributed by atoms with van der Waals surface area (Å²) in [6.07, 6.45) is 2.44. The highest BCUT2D eigenvalue weighted by Gasteiger charge is 2.23. The Kier molecular flexibility index (Phi) is 3.94. The van der Waals surface area contributed by atoms with E-state index in [0.29, 0.717) is 11.9 Å². The molecule has 19 heavy (non-hydrogen) atoms. The van der Waals surface area contributed by atoms with E-state index in [0.717, 1.165) is 37.6 Å². The standard InChI is InChI=1S/C14H24N4O/c1-14(2,3)13-16-11(15)9-12(17-13)18-7-5-10(19-4)6-8-18/h9-10H,5-8H2,1-4H3,(H2,15,16,17). The minimum absolute atomic E-state index is 0.0883. The van der Waals surface area contributed by atoms with E-state index in [1.54, 1.807) is 7.11 Å². The van der Waals surface area contributed by atoms with E-state index in [1.165, 1.54) is 0 Å². The van der Waals surface area contributed by atoms with Crippen LogP contribution in [0.1, 0.15) is 39.4 Å². The minimum atomic E-state index is -0.0883. The van der Waals surface area contributed by atoms with E-state index >= 15 is 0 Å². The molecule has 0 spiro atoms. The first-order valence-corrected chi connectivity index (χ1v) is 6.83. The van der Waals surface area contributed by atoms with Crippen LogP contribution >= 0.6 is 0 Å². The van der Waals surface area contributed by atoms with Gasteiger partial charge in [-0.25, -0.2) is 9.97 Å². The Balaban J connectivity index is 2.19. The van der Waals surface area contributed by atoms with Crippen LogP contribution in [0.3, 0.4) is 0 Å². The highest BCUT2D eigenvalue weighted by molar-refractivity contribution is 5.48. The van der Waals surface area contributed by atoms with Crippen molar-refractivity contribution in [1.82, 2.24) is 9.97 Å². The molecule has 2 rings (SSSR count). The van der Waals surface area contributed by atoms with Crippen LogP contribution in [0.15, 0.2) is 6.07 Å². The van der Waals surface area contributed by atoms with E-state index in [9.17, 15) is 0 Å². The lowest BCUT2D eigenvalue weighted by Crippen LogP contribution is -2.37. The Hall–Kier alpha value is -1.36. The number of ether oxygens (including phenoxy) is 1. The largest absolute Gasteiger partial charge is 0.384 e. The summed E-state index contributed by atoms with van der Waals surface area (Å²) in [6, 6.07) is 1.86. The summed E-state index contributed by atoms with van der Waals surface area (Å²) in [4.78, 5) is 11.3. The highest BCUT2D eigenvalue weighted by atomic mass is 16.5. The number of hydrogen-bond donors (Lipinski definition) is 1. The van der Waals surface area contributed by atoms with Crippen molar-refractivity contribution in [2.24, 2.45) is 0 Å². The van der Waals surface area contributed by atoms with Gasteiger partial charge in [-0.1, -0.05) is 20.8 Å². The average molecular weight is 264 g/mol. The quantitative estimate of drug-likeness (QED) is 0.884. The third-order valence-electron chi connectivity index (χ3n) is 3.50. The molecule has 1 aliphatic rings. The maximum Gasteiger partial charge on any atom is 0.138 e. The highest BCUT2D eigenvalue weighted by Crippen LogP contribution is 2.25. The first kappa shape index (κ1) is 14.1. The minimum Gasteiger partial charge on any atom is -0.384 e. The zero-order valence-corrected chi connectivity index (χ0v) is 12.3. The molecule has 1 aliphatic heterocycles. The second kappa shape index (κ2) is 5.33. The molecule has 5 heteroatoms. The molecule has 0 saturated carbocycles. The number of aromatic nitrogens is 2. The summed E-state index contributed by atoms with van der Waals surface area (Å²) < 4.78 is 5.39. The summed E-state index contributed by atoms with van der Waals surface area (Å²) in [5, 5.41) is 0. The summed E-state index contributed by atoms with van der Waals surface area (Å²) in [7, 11) is 1.78. The van der Waals surface area contributed by atoms with E-state index in [-0.39, 0.29) is 5.41 Å². The molecule has 1 aromatic heterocycles. The predicted octanol–water partition coefficient (Wildman–Crippen LogP) is 1.97. The third-order valence-corrected chi connectivity index (χ3v) is 3.50. The topological polar surface area (TPSA) is 64.3 Å². The van der Waals surface area contributed by atoms with E-state index in [2.05, 4.69) is 35.6 Å². The fourth-order valence-electron chi connectivity index (χ4n) is 2.27. The summed E-state index contributed by atoms with van der Waals surface area (Å²) in [5.41, 5.74) is 5.83. The zero-order chi connectivity index (χ0) is 14.0. The maximum absolute atomic E-state index is 5.91. The summed E-state index contributed by atoms with van der Waals surface area (Å²) in [5.74, 6) is 2.28. The maximum atomic E-state index is 5.91. The van der Waals surface area contributed by atoms with Crippen LogP contribution in [0.2, 0.25) is 0 Å². The van der Waals surface area contributed by atoms with Crippen molar-refractivity contribution in [1.29, 1.82) is 0 Å². The van der Waals surface area contributed by atoms with E-state index in [1.807, 2.05) is 6.07 Å². The lowest BCUT2D eigenvalue weighted by atomic mass is 9.95. The van der Waals surface area contributed by atoms with Gasteiger partial charge in [-0.3, -0.25) is 0 Å². The van der Waals surface area contributed by atoms with Crippen LogP contribution in [0.5, 0.6) is 0 Å². The molecule has 0 radical (unpaired) electrons. The van der Waals surface area contributed by atoms with E-state index in [4.69, 9.17) is 10.5 Å². The smallest absolute Gasteiger partial charge is 0.138 e. The molecule has 0 aromatic carbocycles. The second-order valence-corrected chi connectivity index (χ2v) is 6.15. The molecular weight excluding hydrogens is 240 g/mol. The van der Waals surface area contributed by atoms with Crippen molar-refractivity contribution in [2.45, 2.75) is 45.1 Å². The molecule has 1 fully saturated rings. The molecule has 0 unspecified atom stereocenters. The number of nitrogen functional groups attached to an aromatic ring is 1. The monoisotopic (exact) mass is 264 g/mol. The third kappa shape index (κ3) is 3.35. The number of methoxy groups -OCH3 is 1. The van der Waals surface area contributed by atoms with Crippen LogP contribution in [-0.4, -0.2) is 36.3 Å². The summed E-state index contributed by atoms with van der Waals surface area (Å²) in [6.45, 7) is 8.21. The molecule has 5 nitrogen and oxygen atoms in total. The van der Waals surface area contributed by atoms with Gasteiger partial charge in [0.25, 0.3) is 0 Å². The summed E-state index contributed by atoms with van der Waals surface area (Å²) >= 11 is 0. The molecular formula is C14H24N4O. The Labute approximate surface area is 115 Å². The van der Waals surface area contributed by atoms with Gasteiger partial charge in [0, 0.05) is 31.7 Å². The van der Waals surface area contributed by atoms with Crippen LogP contribution in [0.4, 0.5) is 11.6 Å². The number of rotatable bonds is 2. The molecule has 0 atom stereocenters. The fraction of sp³-hybridized carbons (Fsp3) is 0.714. The number of nitrogens with zero attached hydrogens (tertiary/aromatic N) is 3. The van der Waals surface area contributed by atoms with Crippen LogP contribution in [0, 0.1) is 0 Å². The number of piperidine rings is 1. The molecule has 2 N–H and O–H groups in total. The van der Waals surface area contributed by atoms with Crippen molar-refractivity contribution in [3.05, 3.63) is 11.9 Å². The van der Waals surface area contributed by atoms with Crippen molar-refractivity contribution in [3.63, 3.8) is 0 Å². The van der Waals surface area contributed by atoms with Gasteiger partial charge in [0.1, 0.15) is 17.5 Å². The van der Waals surface area contributed by atoms with Crippen LogP contribution in [0.25, 0.3) is 0 Å².